The van der Waals surface area contributed by atoms with E-state index >= 15 is 0 Å². The van der Waals surface area contributed by atoms with E-state index in [2.05, 4.69) is 28.7 Å². The van der Waals surface area contributed by atoms with Crippen LogP contribution in [0, 0.1) is 6.92 Å². The van der Waals surface area contributed by atoms with E-state index in [9.17, 15) is 8.42 Å². The van der Waals surface area contributed by atoms with Gasteiger partial charge >= 0.3 is 0 Å². The molecule has 4 rings (SSSR count). The van der Waals surface area contributed by atoms with Crippen LogP contribution >= 0.6 is 11.6 Å². The summed E-state index contributed by atoms with van der Waals surface area (Å²) in [5.41, 5.74) is 4.19. The average molecular weight is 452 g/mol. The summed E-state index contributed by atoms with van der Waals surface area (Å²) in [6, 6.07) is 24.3. The minimum atomic E-state index is -3.87. The maximum atomic E-state index is 12.7. The van der Waals surface area contributed by atoms with E-state index in [-0.39, 0.29) is 10.8 Å². The molecular weight excluding hydrogens is 430 g/mol. The van der Waals surface area contributed by atoms with Gasteiger partial charge in [0.2, 0.25) is 0 Å². The molecule has 0 spiro atoms. The number of amidine groups is 1. The number of sulfonamides is 1. The molecule has 0 aromatic heterocycles. The fraction of sp³-hybridized carbons (Fsp3) is 0.167. The Morgan fingerprint density at radius 1 is 1.00 bits per heavy atom. The Bertz CT molecular complexity index is 1240. The number of halogens is 1. The standard InChI is InChI=1S/C24H22ClN3O2S/c1-17-8-10-20(11-9-17)24-23(19-6-4-3-5-7-19)16-28(26-24)18(2)27-31(29,30)22-14-12-21(25)13-15-22/h3-15,23H,16H2,1-2H3/b27-18+. The lowest BCUT2D eigenvalue weighted by atomic mass is 9.90. The first-order valence-electron chi connectivity index (χ1n) is 9.89. The van der Waals surface area contributed by atoms with Gasteiger partial charge in [-0.25, -0.2) is 5.01 Å². The highest BCUT2D eigenvalue weighted by molar-refractivity contribution is 7.90. The van der Waals surface area contributed by atoms with Crippen molar-refractivity contribution < 1.29 is 8.42 Å². The van der Waals surface area contributed by atoms with Gasteiger partial charge in [0.15, 0.2) is 0 Å². The molecule has 0 fully saturated rings. The fourth-order valence-corrected chi connectivity index (χ4v) is 4.67. The molecule has 1 unspecified atom stereocenters. The molecule has 3 aromatic rings. The highest BCUT2D eigenvalue weighted by Crippen LogP contribution is 2.29. The number of nitrogens with zero attached hydrogens (tertiary/aromatic N) is 3. The quantitative estimate of drug-likeness (QED) is 0.401. The lowest BCUT2D eigenvalue weighted by Gasteiger charge is -2.16. The smallest absolute Gasteiger partial charge is 0.250 e. The Labute approximate surface area is 187 Å². The Balaban J connectivity index is 1.70. The van der Waals surface area contributed by atoms with Gasteiger partial charge < -0.3 is 0 Å². The van der Waals surface area contributed by atoms with Crippen LogP contribution < -0.4 is 0 Å². The van der Waals surface area contributed by atoms with Gasteiger partial charge in [-0.2, -0.15) is 13.5 Å². The van der Waals surface area contributed by atoms with Gasteiger partial charge in [0, 0.05) is 10.9 Å². The molecule has 0 saturated heterocycles. The van der Waals surface area contributed by atoms with Crippen LogP contribution in [-0.4, -0.2) is 31.5 Å². The van der Waals surface area contributed by atoms with Crippen LogP contribution in [0.1, 0.15) is 29.5 Å². The van der Waals surface area contributed by atoms with Gasteiger partial charge in [-0.15, -0.1) is 4.40 Å². The van der Waals surface area contributed by atoms with Crippen LogP contribution in [-0.2, 0) is 10.0 Å². The summed E-state index contributed by atoms with van der Waals surface area (Å²) in [6.45, 7) is 4.22. The second kappa shape index (κ2) is 8.65. The van der Waals surface area contributed by atoms with Crippen molar-refractivity contribution >= 4 is 33.2 Å². The SMILES string of the molecule is C/C(=N\S(=O)(=O)c1ccc(Cl)cc1)N1CC(c2ccccc2)C(c2ccc(C)cc2)=N1. The Hall–Kier alpha value is -2.96. The topological polar surface area (TPSA) is 62.1 Å². The van der Waals surface area contributed by atoms with Gasteiger partial charge in [0.1, 0.15) is 5.84 Å². The van der Waals surface area contributed by atoms with Gasteiger partial charge in [-0.3, -0.25) is 0 Å². The molecule has 1 aliphatic rings. The summed E-state index contributed by atoms with van der Waals surface area (Å²) in [6.07, 6.45) is 0. The third-order valence-electron chi connectivity index (χ3n) is 5.20. The molecule has 3 aromatic carbocycles. The largest absolute Gasteiger partial charge is 0.283 e. The molecule has 0 N–H and O–H groups in total. The predicted octanol–water partition coefficient (Wildman–Crippen LogP) is 5.26. The number of rotatable bonds is 4. The van der Waals surface area contributed by atoms with Crippen LogP contribution in [0.15, 0.2) is 93.3 Å². The molecule has 0 amide bonds. The zero-order valence-electron chi connectivity index (χ0n) is 17.2. The highest BCUT2D eigenvalue weighted by atomic mass is 35.5. The van der Waals surface area contributed by atoms with Gasteiger partial charge in [-0.05, 0) is 49.2 Å². The molecule has 1 heterocycles. The van der Waals surface area contributed by atoms with Crippen LogP contribution in [0.4, 0.5) is 0 Å². The summed E-state index contributed by atoms with van der Waals surface area (Å²) in [5, 5.41) is 6.91. The van der Waals surface area contributed by atoms with E-state index < -0.39 is 10.0 Å². The molecule has 31 heavy (non-hydrogen) atoms. The van der Waals surface area contributed by atoms with Crippen LogP contribution in [0.5, 0.6) is 0 Å². The van der Waals surface area contributed by atoms with Gasteiger partial charge in [0.05, 0.1) is 17.2 Å². The summed E-state index contributed by atoms with van der Waals surface area (Å²) in [7, 11) is -3.87. The lowest BCUT2D eigenvalue weighted by molar-refractivity contribution is 0.472. The normalized spacial score (nSPS) is 17.0. The summed E-state index contributed by atoms with van der Waals surface area (Å²) >= 11 is 5.87. The first-order valence-corrected chi connectivity index (χ1v) is 11.7. The van der Waals surface area contributed by atoms with Crippen molar-refractivity contribution in [3.63, 3.8) is 0 Å². The second-order valence-corrected chi connectivity index (χ2v) is 9.50. The average Bonchev–Trinajstić information content (AvgIpc) is 3.21. The molecule has 0 saturated carbocycles. The number of hydrogen-bond donors (Lipinski definition) is 0. The molecule has 1 atom stereocenters. The van der Waals surface area contributed by atoms with Crippen molar-refractivity contribution in [2.45, 2.75) is 24.7 Å². The second-order valence-electron chi connectivity index (χ2n) is 7.46. The fourth-order valence-electron chi connectivity index (χ4n) is 3.52. The molecule has 0 bridgehead atoms. The van der Waals surface area contributed by atoms with Gasteiger partial charge in [-0.1, -0.05) is 71.8 Å². The zero-order valence-corrected chi connectivity index (χ0v) is 18.8. The number of aryl methyl sites for hydroxylation is 1. The van der Waals surface area contributed by atoms with Crippen LogP contribution in [0.3, 0.4) is 0 Å². The Morgan fingerprint density at radius 2 is 1.65 bits per heavy atom. The van der Waals surface area contributed by atoms with E-state index in [0.29, 0.717) is 17.4 Å². The molecular formula is C24H22ClN3O2S. The van der Waals surface area contributed by atoms with Crippen molar-refractivity contribution in [2.24, 2.45) is 9.50 Å². The number of hydrazone groups is 1. The first kappa shape index (κ1) is 21.3. The molecule has 0 aliphatic carbocycles. The lowest BCUT2D eigenvalue weighted by Crippen LogP contribution is -2.24. The molecule has 5 nitrogen and oxygen atoms in total. The Kier molecular flexibility index (Phi) is 5.94. The summed E-state index contributed by atoms with van der Waals surface area (Å²) < 4.78 is 29.5. The van der Waals surface area contributed by atoms with Crippen molar-refractivity contribution in [3.8, 4) is 0 Å². The van der Waals surface area contributed by atoms with E-state index in [0.717, 1.165) is 16.8 Å². The van der Waals surface area contributed by atoms with Crippen molar-refractivity contribution in [3.05, 3.63) is 101 Å². The maximum absolute atomic E-state index is 12.7. The zero-order chi connectivity index (χ0) is 22.0. The predicted molar refractivity (Wildman–Crippen MR) is 125 cm³/mol. The minimum Gasteiger partial charge on any atom is -0.250 e. The summed E-state index contributed by atoms with van der Waals surface area (Å²) in [4.78, 5) is 0.0952. The van der Waals surface area contributed by atoms with E-state index in [1.807, 2.05) is 37.3 Å². The van der Waals surface area contributed by atoms with Crippen LogP contribution in [0.25, 0.3) is 0 Å². The highest BCUT2D eigenvalue weighted by Gasteiger charge is 2.31. The first-order chi connectivity index (χ1) is 14.8. The van der Waals surface area contributed by atoms with Crippen molar-refractivity contribution in [2.75, 3.05) is 6.54 Å². The van der Waals surface area contributed by atoms with Gasteiger partial charge in [0.25, 0.3) is 10.0 Å². The Morgan fingerprint density at radius 3 is 2.29 bits per heavy atom. The van der Waals surface area contributed by atoms with Crippen molar-refractivity contribution in [1.82, 2.24) is 5.01 Å². The molecule has 158 valence electrons. The van der Waals surface area contributed by atoms with E-state index in [1.54, 1.807) is 11.9 Å². The maximum Gasteiger partial charge on any atom is 0.283 e. The summed E-state index contributed by atoms with van der Waals surface area (Å²) in [5.74, 6) is 0.324. The van der Waals surface area contributed by atoms with E-state index in [4.69, 9.17) is 16.7 Å². The number of hydrogen-bond acceptors (Lipinski definition) is 3. The molecule has 0 radical (unpaired) electrons. The minimum absolute atomic E-state index is 0.00675. The third-order valence-corrected chi connectivity index (χ3v) is 6.83. The van der Waals surface area contributed by atoms with E-state index in [1.165, 1.54) is 29.8 Å². The molecule has 1 aliphatic heterocycles. The van der Waals surface area contributed by atoms with Crippen LogP contribution in [0.2, 0.25) is 5.02 Å². The number of benzene rings is 3. The monoisotopic (exact) mass is 451 g/mol. The molecule has 7 heteroatoms. The van der Waals surface area contributed by atoms with Crippen molar-refractivity contribution in [1.29, 1.82) is 0 Å². The third kappa shape index (κ3) is 4.70.